The first-order chi connectivity index (χ1) is 33.2. The summed E-state index contributed by atoms with van der Waals surface area (Å²) in [5.41, 5.74) is 0. The highest BCUT2D eigenvalue weighted by atomic mass is 16.7. The van der Waals surface area contributed by atoms with Crippen molar-refractivity contribution in [3.05, 3.63) is 48.6 Å². The zero-order valence-electron chi connectivity index (χ0n) is 43.5. The molecular weight excluding hydrogens is 859 g/mol. The quantitative estimate of drug-likeness (QED) is 0.0149. The lowest BCUT2D eigenvalue weighted by molar-refractivity contribution is -0.305. The number of ether oxygens (including phenoxy) is 3. The molecule has 0 aromatic rings. The highest BCUT2D eigenvalue weighted by Crippen LogP contribution is 2.26. The van der Waals surface area contributed by atoms with E-state index in [4.69, 9.17) is 14.2 Å². The lowest BCUT2D eigenvalue weighted by Gasteiger charge is -2.41. The number of allylic oxidation sites excluding steroid dienone is 7. The molecule has 11 nitrogen and oxygen atoms in total. The second-order valence-electron chi connectivity index (χ2n) is 19.4. The van der Waals surface area contributed by atoms with Crippen LogP contribution in [0.5, 0.6) is 0 Å². The molecule has 0 saturated carbocycles. The molecule has 1 rings (SSSR count). The van der Waals surface area contributed by atoms with Crippen LogP contribution in [0.1, 0.15) is 239 Å². The van der Waals surface area contributed by atoms with Gasteiger partial charge in [-0.25, -0.2) is 0 Å². The van der Waals surface area contributed by atoms with E-state index in [1.54, 1.807) is 6.08 Å². The summed E-state index contributed by atoms with van der Waals surface area (Å²) in [6, 6.07) is -1.03. The Morgan fingerprint density at radius 3 is 1.57 bits per heavy atom. The Morgan fingerprint density at radius 2 is 1.06 bits per heavy atom. The molecule has 1 saturated heterocycles. The summed E-state index contributed by atoms with van der Waals surface area (Å²) in [4.78, 5) is 26.4. The van der Waals surface area contributed by atoms with Gasteiger partial charge in [0.1, 0.15) is 24.4 Å². The molecule has 8 unspecified atom stereocenters. The molecule has 1 heterocycles. The van der Waals surface area contributed by atoms with Crippen molar-refractivity contribution >= 4 is 11.9 Å². The van der Waals surface area contributed by atoms with Crippen LogP contribution >= 0.6 is 0 Å². The molecule has 1 amide bonds. The predicted molar refractivity (Wildman–Crippen MR) is 278 cm³/mol. The average Bonchev–Trinajstić information content (AvgIpc) is 3.33. The third kappa shape index (κ3) is 34.0. The Labute approximate surface area is 415 Å². The van der Waals surface area contributed by atoms with E-state index in [1.807, 2.05) is 30.4 Å². The molecule has 8 atom stereocenters. The minimum Gasteiger partial charge on any atom is -0.454 e. The Hall–Kier alpha value is -2.38. The normalized spacial score (nSPS) is 20.3. The van der Waals surface area contributed by atoms with E-state index < -0.39 is 67.4 Å². The first kappa shape index (κ1) is 63.6. The fourth-order valence-electron chi connectivity index (χ4n) is 8.59. The summed E-state index contributed by atoms with van der Waals surface area (Å²) >= 11 is 0. The van der Waals surface area contributed by atoms with Crippen molar-refractivity contribution in [3.8, 4) is 0 Å². The fraction of sp³-hybridized carbons (Fsp3) is 0.825. The minimum atomic E-state index is -1.61. The maximum Gasteiger partial charge on any atom is 0.306 e. The van der Waals surface area contributed by atoms with Gasteiger partial charge in [0.15, 0.2) is 12.4 Å². The number of hydrogen-bond acceptors (Lipinski definition) is 10. The van der Waals surface area contributed by atoms with Crippen LogP contribution in [-0.2, 0) is 23.8 Å². The smallest absolute Gasteiger partial charge is 0.306 e. The van der Waals surface area contributed by atoms with E-state index in [1.165, 1.54) is 122 Å². The van der Waals surface area contributed by atoms with Gasteiger partial charge in [-0.15, -0.1) is 0 Å². The maximum absolute atomic E-state index is 13.3. The van der Waals surface area contributed by atoms with E-state index in [2.05, 4.69) is 38.2 Å². The molecule has 0 aromatic heterocycles. The molecule has 68 heavy (non-hydrogen) atoms. The van der Waals surface area contributed by atoms with E-state index in [0.29, 0.717) is 12.8 Å². The number of unbranched alkanes of at least 4 members (excludes halogenated alkanes) is 28. The Kier molecular flexibility index (Phi) is 42.8. The molecule has 0 aromatic carbocycles. The molecule has 1 aliphatic heterocycles. The van der Waals surface area contributed by atoms with Crippen molar-refractivity contribution < 1.29 is 49.3 Å². The molecule has 0 bridgehead atoms. The number of hydrogen-bond donors (Lipinski definition) is 6. The monoisotopic (exact) mass is 962 g/mol. The number of esters is 1. The van der Waals surface area contributed by atoms with Crippen LogP contribution in [0, 0.1) is 0 Å². The average molecular weight is 962 g/mol. The van der Waals surface area contributed by atoms with Gasteiger partial charge in [-0.2, -0.15) is 0 Å². The molecule has 1 aliphatic rings. The number of carbonyl (C=O) groups is 2. The molecule has 1 fully saturated rings. The van der Waals surface area contributed by atoms with Crippen LogP contribution in [-0.4, -0.2) is 99.6 Å². The SMILES string of the molecule is CC/C=C/C=C/C=C\CCCCCCC(O)C(=O)NC(COC1OC(CO)C(O)C(O)C1OC(=O)CCCCCCCCCCCCCCCCC)C(O)/C=C/CCCCCCCCCCCC. The van der Waals surface area contributed by atoms with E-state index in [-0.39, 0.29) is 19.4 Å². The largest absolute Gasteiger partial charge is 0.454 e. The first-order valence-electron chi connectivity index (χ1n) is 27.9. The molecule has 0 radical (unpaired) electrons. The van der Waals surface area contributed by atoms with E-state index in [9.17, 15) is 35.1 Å². The minimum absolute atomic E-state index is 0.124. The topological polar surface area (TPSA) is 175 Å². The Bertz CT molecular complexity index is 1290. The Balaban J connectivity index is 2.75. The van der Waals surface area contributed by atoms with Crippen molar-refractivity contribution in [1.29, 1.82) is 0 Å². The van der Waals surface area contributed by atoms with Crippen molar-refractivity contribution in [1.82, 2.24) is 5.32 Å². The van der Waals surface area contributed by atoms with Crippen LogP contribution in [0.4, 0.5) is 0 Å². The number of carbonyl (C=O) groups excluding carboxylic acids is 2. The van der Waals surface area contributed by atoms with Gasteiger partial charge in [-0.05, 0) is 44.9 Å². The van der Waals surface area contributed by atoms with Crippen molar-refractivity contribution in [2.24, 2.45) is 0 Å². The molecule has 6 N–H and O–H groups in total. The third-order valence-electron chi connectivity index (χ3n) is 13.1. The number of amides is 1. The number of aliphatic hydroxyl groups is 5. The molecule has 0 spiro atoms. The zero-order chi connectivity index (χ0) is 49.7. The van der Waals surface area contributed by atoms with Crippen LogP contribution < -0.4 is 5.32 Å². The predicted octanol–water partition coefficient (Wildman–Crippen LogP) is 12.1. The van der Waals surface area contributed by atoms with Crippen molar-refractivity contribution in [2.75, 3.05) is 13.2 Å². The molecule has 0 aliphatic carbocycles. The second-order valence-corrected chi connectivity index (χ2v) is 19.4. The van der Waals surface area contributed by atoms with Gasteiger partial charge in [0, 0.05) is 6.42 Å². The molecular formula is C57H103NO10. The van der Waals surface area contributed by atoms with E-state index >= 15 is 0 Å². The summed E-state index contributed by atoms with van der Waals surface area (Å²) in [6.45, 7) is 5.62. The number of aliphatic hydroxyl groups excluding tert-OH is 5. The Morgan fingerprint density at radius 1 is 0.588 bits per heavy atom. The highest BCUT2D eigenvalue weighted by Gasteiger charge is 2.47. The van der Waals surface area contributed by atoms with Crippen LogP contribution in [0.3, 0.4) is 0 Å². The summed E-state index contributed by atoms with van der Waals surface area (Å²) in [6.07, 6.45) is 43.0. The van der Waals surface area contributed by atoms with Crippen molar-refractivity contribution in [2.45, 2.75) is 288 Å². The van der Waals surface area contributed by atoms with Gasteiger partial charge in [0.2, 0.25) is 5.91 Å². The van der Waals surface area contributed by atoms with Crippen LogP contribution in [0.15, 0.2) is 48.6 Å². The lowest BCUT2D eigenvalue weighted by atomic mass is 9.99. The standard InChI is InChI=1S/C57H103NO10/c1-4-7-10-13-16-19-22-25-26-27-30-33-36-39-42-45-52(62)68-55-54(64)53(63)51(46-59)67-57(55)66-47-48(49(60)43-40-37-34-31-28-23-20-17-14-11-8-5-2)58-56(65)50(61)44-41-38-35-32-29-24-21-18-15-12-9-6-3/h9,12,15,18,21,24,40,43,48-51,53-55,57,59-61,63-64H,4-8,10-11,13-14,16-17,19-20,22-23,25-39,41-42,44-47H2,1-3H3,(H,58,65)/b12-9+,18-15+,24-21-,43-40+. The van der Waals surface area contributed by atoms with Gasteiger partial charge in [-0.3, -0.25) is 9.59 Å². The second kappa shape index (κ2) is 45.7. The summed E-state index contributed by atoms with van der Waals surface area (Å²) in [7, 11) is 0. The van der Waals surface area contributed by atoms with Gasteiger partial charge < -0.3 is 45.1 Å². The maximum atomic E-state index is 13.3. The molecule has 11 heteroatoms. The van der Waals surface area contributed by atoms with Gasteiger partial charge >= 0.3 is 5.97 Å². The summed E-state index contributed by atoms with van der Waals surface area (Å²) in [5, 5.41) is 56.7. The number of nitrogens with one attached hydrogen (secondary N) is 1. The highest BCUT2D eigenvalue weighted by molar-refractivity contribution is 5.80. The number of rotatable bonds is 46. The summed E-state index contributed by atoms with van der Waals surface area (Å²) < 4.78 is 17.5. The summed E-state index contributed by atoms with van der Waals surface area (Å²) in [5.74, 6) is -1.21. The van der Waals surface area contributed by atoms with Crippen LogP contribution in [0.2, 0.25) is 0 Å². The van der Waals surface area contributed by atoms with Gasteiger partial charge in [0.25, 0.3) is 0 Å². The van der Waals surface area contributed by atoms with E-state index in [0.717, 1.165) is 70.6 Å². The molecule has 396 valence electrons. The zero-order valence-corrected chi connectivity index (χ0v) is 43.5. The van der Waals surface area contributed by atoms with Gasteiger partial charge in [0.05, 0.1) is 25.4 Å². The van der Waals surface area contributed by atoms with Crippen LogP contribution in [0.25, 0.3) is 0 Å². The fourth-order valence-corrected chi connectivity index (χ4v) is 8.59. The van der Waals surface area contributed by atoms with Gasteiger partial charge in [-0.1, -0.05) is 236 Å². The van der Waals surface area contributed by atoms with Crippen molar-refractivity contribution in [3.63, 3.8) is 0 Å². The first-order valence-corrected chi connectivity index (χ1v) is 27.9. The third-order valence-corrected chi connectivity index (χ3v) is 13.1. The lowest BCUT2D eigenvalue weighted by Crippen LogP contribution is -2.61.